The second kappa shape index (κ2) is 11.0. The van der Waals surface area contributed by atoms with Crippen LogP contribution in [0.3, 0.4) is 0 Å². The van der Waals surface area contributed by atoms with Gasteiger partial charge in [-0.15, -0.1) is 0 Å². The van der Waals surface area contributed by atoms with Crippen LogP contribution in [0.5, 0.6) is 5.75 Å². The van der Waals surface area contributed by atoms with Gasteiger partial charge in [0.2, 0.25) is 0 Å². The molecule has 34 heavy (non-hydrogen) atoms. The summed E-state index contributed by atoms with van der Waals surface area (Å²) in [6, 6.07) is 15.8. The van der Waals surface area contributed by atoms with Gasteiger partial charge in [-0.2, -0.15) is 5.26 Å². The number of carbonyl (C=O) groups excluding carboxylic acids is 1. The number of nitrogens with one attached hydrogen (secondary N) is 1. The first kappa shape index (κ1) is 25.1. The number of aryl methyl sites for hydroxylation is 1. The third-order valence-corrected chi connectivity index (χ3v) is 5.47. The van der Waals surface area contributed by atoms with Crippen LogP contribution in [0.2, 0.25) is 15.1 Å². The molecule has 0 spiro atoms. The number of non-ortho nitro benzene ring substituents is 1. The van der Waals surface area contributed by atoms with E-state index in [0.717, 1.165) is 5.56 Å². The van der Waals surface area contributed by atoms with Crippen LogP contribution in [-0.4, -0.2) is 10.8 Å². The molecule has 7 nitrogen and oxygen atoms in total. The van der Waals surface area contributed by atoms with Crippen LogP contribution >= 0.6 is 34.8 Å². The molecule has 0 aromatic heterocycles. The van der Waals surface area contributed by atoms with E-state index >= 15 is 0 Å². The van der Waals surface area contributed by atoms with Crippen molar-refractivity contribution in [2.24, 2.45) is 0 Å². The number of hydrogen-bond donors (Lipinski definition) is 1. The number of hydrogen-bond acceptors (Lipinski definition) is 5. The highest BCUT2D eigenvalue weighted by molar-refractivity contribution is 6.37. The number of nitriles is 1. The summed E-state index contributed by atoms with van der Waals surface area (Å²) in [4.78, 5) is 22.9. The second-order valence-electron chi connectivity index (χ2n) is 7.11. The molecule has 0 saturated heterocycles. The molecule has 0 aliphatic rings. The SMILES string of the molecule is Cc1ccc(Cl)cc1NC(=O)/C(C#N)=C/c1cc(Cl)c(OCc2ccc([N+](=O)[O-])cc2)c(Cl)c1. The van der Waals surface area contributed by atoms with Crippen molar-refractivity contribution in [1.82, 2.24) is 0 Å². The zero-order valence-corrected chi connectivity index (χ0v) is 19.9. The highest BCUT2D eigenvalue weighted by atomic mass is 35.5. The van der Waals surface area contributed by atoms with Crippen LogP contribution in [0.4, 0.5) is 11.4 Å². The lowest BCUT2D eigenvalue weighted by Crippen LogP contribution is -2.14. The Balaban J connectivity index is 1.76. The van der Waals surface area contributed by atoms with Crippen molar-refractivity contribution in [3.05, 3.63) is 102 Å². The lowest BCUT2D eigenvalue weighted by molar-refractivity contribution is -0.384. The van der Waals surface area contributed by atoms with Crippen LogP contribution < -0.4 is 10.1 Å². The van der Waals surface area contributed by atoms with E-state index in [1.807, 2.05) is 6.07 Å². The minimum absolute atomic E-state index is 0.0289. The molecule has 172 valence electrons. The van der Waals surface area contributed by atoms with Crippen molar-refractivity contribution < 1.29 is 14.5 Å². The Kier molecular flexibility index (Phi) is 8.13. The van der Waals surface area contributed by atoms with Crippen LogP contribution in [-0.2, 0) is 11.4 Å². The zero-order chi connectivity index (χ0) is 24.8. The largest absolute Gasteiger partial charge is 0.486 e. The monoisotopic (exact) mass is 515 g/mol. The van der Waals surface area contributed by atoms with Gasteiger partial charge < -0.3 is 10.1 Å². The number of nitro benzene ring substituents is 1. The molecular formula is C24H16Cl3N3O4. The molecule has 0 aliphatic carbocycles. The molecule has 0 saturated carbocycles. The summed E-state index contributed by atoms with van der Waals surface area (Å²) in [6.45, 7) is 1.88. The summed E-state index contributed by atoms with van der Waals surface area (Å²) in [5, 5.41) is 23.7. The minimum Gasteiger partial charge on any atom is -0.486 e. The second-order valence-corrected chi connectivity index (χ2v) is 8.36. The third kappa shape index (κ3) is 6.27. The molecular weight excluding hydrogens is 501 g/mol. The minimum atomic E-state index is -0.612. The number of amides is 1. The van der Waals surface area contributed by atoms with Crippen LogP contribution in [0.15, 0.2) is 60.2 Å². The first-order valence-electron chi connectivity index (χ1n) is 9.72. The topological polar surface area (TPSA) is 105 Å². The fourth-order valence-corrected chi connectivity index (χ4v) is 3.69. The fourth-order valence-electron chi connectivity index (χ4n) is 2.90. The Labute approximate surface area is 210 Å². The molecule has 0 radical (unpaired) electrons. The van der Waals surface area contributed by atoms with E-state index in [1.165, 1.54) is 30.3 Å². The Morgan fingerprint density at radius 2 is 1.76 bits per heavy atom. The summed E-state index contributed by atoms with van der Waals surface area (Å²) in [6.07, 6.45) is 1.35. The number of anilines is 1. The van der Waals surface area contributed by atoms with Gasteiger partial charge in [-0.1, -0.05) is 40.9 Å². The maximum absolute atomic E-state index is 12.6. The molecule has 0 unspecified atom stereocenters. The molecule has 0 heterocycles. The number of nitro groups is 1. The van der Waals surface area contributed by atoms with Crippen LogP contribution in [0, 0.1) is 28.4 Å². The Morgan fingerprint density at radius 1 is 1.12 bits per heavy atom. The number of carbonyl (C=O) groups is 1. The van der Waals surface area contributed by atoms with Gasteiger partial charge in [0.05, 0.1) is 15.0 Å². The smallest absolute Gasteiger partial charge is 0.269 e. The molecule has 3 aromatic carbocycles. The van der Waals surface area contributed by atoms with Gasteiger partial charge in [0.25, 0.3) is 11.6 Å². The number of rotatable bonds is 7. The molecule has 3 rings (SSSR count). The van der Waals surface area contributed by atoms with Crippen molar-refractivity contribution in [1.29, 1.82) is 5.26 Å². The number of ether oxygens (including phenoxy) is 1. The van der Waals surface area contributed by atoms with E-state index in [4.69, 9.17) is 39.5 Å². The number of nitrogens with zero attached hydrogens (tertiary/aromatic N) is 2. The number of benzene rings is 3. The van der Waals surface area contributed by atoms with Gasteiger partial charge in [-0.3, -0.25) is 14.9 Å². The first-order valence-corrected chi connectivity index (χ1v) is 10.9. The van der Waals surface area contributed by atoms with Crippen LogP contribution in [0.25, 0.3) is 6.08 Å². The third-order valence-electron chi connectivity index (χ3n) is 4.67. The lowest BCUT2D eigenvalue weighted by atomic mass is 10.1. The van der Waals surface area contributed by atoms with E-state index in [0.29, 0.717) is 21.8 Å². The highest BCUT2D eigenvalue weighted by Gasteiger charge is 2.14. The van der Waals surface area contributed by atoms with Crippen molar-refractivity contribution in [3.63, 3.8) is 0 Å². The van der Waals surface area contributed by atoms with Gasteiger partial charge in [0.15, 0.2) is 5.75 Å². The van der Waals surface area contributed by atoms with E-state index in [1.54, 1.807) is 37.3 Å². The van der Waals surface area contributed by atoms with Crippen molar-refractivity contribution >= 4 is 58.2 Å². The van der Waals surface area contributed by atoms with E-state index in [9.17, 15) is 20.2 Å². The maximum atomic E-state index is 12.6. The molecule has 0 fully saturated rings. The molecule has 10 heteroatoms. The highest BCUT2D eigenvalue weighted by Crippen LogP contribution is 2.35. The fraction of sp³-hybridized carbons (Fsp3) is 0.0833. The summed E-state index contributed by atoms with van der Waals surface area (Å²) < 4.78 is 5.68. The molecule has 1 N–H and O–H groups in total. The van der Waals surface area contributed by atoms with E-state index < -0.39 is 10.8 Å². The first-order chi connectivity index (χ1) is 16.2. The van der Waals surface area contributed by atoms with Crippen molar-refractivity contribution in [2.75, 3.05) is 5.32 Å². The molecule has 0 bridgehead atoms. The predicted molar refractivity (Wildman–Crippen MR) is 132 cm³/mol. The van der Waals surface area contributed by atoms with Crippen molar-refractivity contribution in [2.45, 2.75) is 13.5 Å². The average Bonchev–Trinajstić information content (AvgIpc) is 2.79. The van der Waals surface area contributed by atoms with Crippen molar-refractivity contribution in [3.8, 4) is 11.8 Å². The lowest BCUT2D eigenvalue weighted by Gasteiger charge is -2.11. The Bertz CT molecular complexity index is 1310. The normalized spacial score (nSPS) is 11.0. The van der Waals surface area contributed by atoms with E-state index in [2.05, 4.69) is 5.32 Å². The maximum Gasteiger partial charge on any atom is 0.269 e. The van der Waals surface area contributed by atoms with Gasteiger partial charge >= 0.3 is 0 Å². The summed E-state index contributed by atoms with van der Waals surface area (Å²) in [7, 11) is 0. The predicted octanol–water partition coefficient (Wildman–Crippen LogP) is 6.99. The molecule has 3 aromatic rings. The summed E-state index contributed by atoms with van der Waals surface area (Å²) >= 11 is 18.6. The molecule has 1 amide bonds. The van der Waals surface area contributed by atoms with Crippen LogP contribution in [0.1, 0.15) is 16.7 Å². The van der Waals surface area contributed by atoms with Gasteiger partial charge in [0.1, 0.15) is 18.2 Å². The van der Waals surface area contributed by atoms with E-state index in [-0.39, 0.29) is 33.7 Å². The van der Waals surface area contributed by atoms with Gasteiger partial charge in [-0.25, -0.2) is 0 Å². The average molecular weight is 517 g/mol. The van der Waals surface area contributed by atoms with Gasteiger partial charge in [0, 0.05) is 22.8 Å². The molecule has 0 atom stereocenters. The summed E-state index contributed by atoms with van der Waals surface area (Å²) in [5.74, 6) is -0.407. The standard InChI is InChI=1S/C24H16Cl3N3O4/c1-14-2-5-18(25)11-22(14)29-24(31)17(12-28)8-16-9-20(26)23(21(27)10-16)34-13-15-3-6-19(7-4-15)30(32)33/h2-11H,13H2,1H3,(H,29,31)/b17-8+. The number of halogens is 3. The molecule has 0 aliphatic heterocycles. The Morgan fingerprint density at radius 3 is 2.35 bits per heavy atom. The quantitative estimate of drug-likeness (QED) is 0.158. The zero-order valence-electron chi connectivity index (χ0n) is 17.6. The Hall–Kier alpha value is -3.57. The van der Waals surface area contributed by atoms with Gasteiger partial charge in [-0.05, 0) is 66.1 Å². The summed E-state index contributed by atoms with van der Waals surface area (Å²) in [5.41, 5.74) is 2.19.